The van der Waals surface area contributed by atoms with Crippen LogP contribution in [0.25, 0.3) is 26.9 Å². The van der Waals surface area contributed by atoms with Crippen molar-refractivity contribution in [3.63, 3.8) is 0 Å². The maximum Gasteiger partial charge on any atom is 2.00 e. The summed E-state index contributed by atoms with van der Waals surface area (Å²) < 4.78 is 0. The number of hydrogen-bond donors (Lipinski definition) is 1. The van der Waals surface area contributed by atoms with Crippen molar-refractivity contribution < 1.29 is 17.1 Å². The SMILES string of the molecule is [Cu+2].c1ccc2c(c1)C1=N/C2=N\c2[n-]c(c3ccccc23)/N=C2\[N-]C(/N=c3\[nH]c(c4ccccc34)=N1)c1ccccc12. The number of benzene rings is 4. The molecule has 0 aliphatic carbocycles. The molecule has 197 valence electrons. The third-order valence-corrected chi connectivity index (χ3v) is 7.53. The average Bonchev–Trinajstić information content (AvgIpc) is 3.73. The van der Waals surface area contributed by atoms with E-state index in [1.54, 1.807) is 0 Å². The zero-order valence-electron chi connectivity index (χ0n) is 21.2. The predicted octanol–water partition coefficient (Wildman–Crippen LogP) is 5.53. The van der Waals surface area contributed by atoms with E-state index in [9.17, 15) is 0 Å². The third-order valence-electron chi connectivity index (χ3n) is 7.53. The summed E-state index contributed by atoms with van der Waals surface area (Å²) in [6.45, 7) is 0. The molecule has 9 heteroatoms. The Morgan fingerprint density at radius 1 is 0.537 bits per heavy atom. The van der Waals surface area contributed by atoms with Crippen LogP contribution in [0.2, 0.25) is 0 Å². The molecule has 0 saturated heterocycles. The van der Waals surface area contributed by atoms with Gasteiger partial charge in [-0.2, -0.15) is 0 Å². The Kier molecular flexibility index (Phi) is 5.19. The van der Waals surface area contributed by atoms with Crippen molar-refractivity contribution in [3.05, 3.63) is 136 Å². The quantitative estimate of drug-likeness (QED) is 0.235. The van der Waals surface area contributed by atoms with Crippen molar-refractivity contribution in [3.8, 4) is 0 Å². The first-order valence-electron chi connectivity index (χ1n) is 13.0. The number of aliphatic imine (C=N–C) groups is 3. The van der Waals surface area contributed by atoms with Crippen LogP contribution in [-0.2, 0) is 17.1 Å². The molecular weight excluding hydrogens is 560 g/mol. The van der Waals surface area contributed by atoms with Gasteiger partial charge in [-0.3, -0.25) is 4.99 Å². The fourth-order valence-electron chi connectivity index (χ4n) is 5.66. The molecule has 3 aliphatic heterocycles. The molecule has 1 atom stereocenters. The van der Waals surface area contributed by atoms with Gasteiger partial charge < -0.3 is 25.3 Å². The van der Waals surface area contributed by atoms with Crippen LogP contribution in [0.15, 0.2) is 122 Å². The monoisotopic (exact) mass is 577 g/mol. The predicted molar refractivity (Wildman–Crippen MR) is 156 cm³/mol. The van der Waals surface area contributed by atoms with Crippen LogP contribution < -0.4 is 16.0 Å². The number of H-pyrrole nitrogens is 1. The van der Waals surface area contributed by atoms with E-state index < -0.39 is 6.17 Å². The molecule has 1 radical (unpaired) electrons. The topological polar surface area (TPSA) is 106 Å². The summed E-state index contributed by atoms with van der Waals surface area (Å²) in [6, 6.07) is 32.2. The Labute approximate surface area is 243 Å². The van der Waals surface area contributed by atoms with Crippen molar-refractivity contribution in [2.45, 2.75) is 6.17 Å². The molecule has 1 unspecified atom stereocenters. The summed E-state index contributed by atoms with van der Waals surface area (Å²) in [6.07, 6.45) is -0.451. The van der Waals surface area contributed by atoms with Crippen LogP contribution in [-0.4, -0.2) is 22.5 Å². The van der Waals surface area contributed by atoms with Gasteiger partial charge in [0.25, 0.3) is 0 Å². The number of aromatic nitrogens is 2. The van der Waals surface area contributed by atoms with Gasteiger partial charge in [0.15, 0.2) is 5.84 Å². The second-order valence-corrected chi connectivity index (χ2v) is 9.86. The maximum absolute atomic E-state index is 5.09. The Balaban J connectivity index is 0.00000256. The summed E-state index contributed by atoms with van der Waals surface area (Å²) in [4.78, 5) is 33.3. The molecule has 3 aliphatic rings. The first-order valence-corrected chi connectivity index (χ1v) is 13.0. The molecule has 4 aromatic carbocycles. The molecule has 0 amide bonds. The first-order chi connectivity index (χ1) is 19.8. The molecule has 41 heavy (non-hydrogen) atoms. The van der Waals surface area contributed by atoms with Crippen LogP contribution in [0.1, 0.15) is 28.4 Å². The van der Waals surface area contributed by atoms with E-state index in [1.165, 1.54) is 0 Å². The minimum Gasteiger partial charge on any atom is -0.438 e. The van der Waals surface area contributed by atoms with Crippen molar-refractivity contribution in [1.82, 2.24) is 9.97 Å². The van der Waals surface area contributed by atoms with Crippen molar-refractivity contribution in [2.24, 2.45) is 25.0 Å². The van der Waals surface area contributed by atoms with Crippen LogP contribution in [0.3, 0.4) is 0 Å². The van der Waals surface area contributed by atoms with Crippen molar-refractivity contribution >= 4 is 50.7 Å². The van der Waals surface area contributed by atoms with Gasteiger partial charge in [0, 0.05) is 27.7 Å². The molecule has 0 saturated carbocycles. The number of nitrogens with one attached hydrogen (secondary N) is 1. The molecular formula is C32H18CuN8. The zero-order valence-corrected chi connectivity index (χ0v) is 22.2. The van der Waals surface area contributed by atoms with Gasteiger partial charge in [-0.25, -0.2) is 9.98 Å². The minimum absolute atomic E-state index is 0. The van der Waals surface area contributed by atoms with E-state index in [1.807, 2.05) is 91.0 Å². The van der Waals surface area contributed by atoms with Crippen LogP contribution >= 0.6 is 0 Å². The summed E-state index contributed by atoms with van der Waals surface area (Å²) in [7, 11) is 0. The Hall–Kier alpha value is -5.11. The molecule has 0 spiro atoms. The fraction of sp³-hybridized carbons (Fsp3) is 0.0312. The van der Waals surface area contributed by atoms with Gasteiger partial charge >= 0.3 is 17.1 Å². The van der Waals surface area contributed by atoms with Crippen LogP contribution in [0.5, 0.6) is 0 Å². The molecule has 8 bridgehead atoms. The number of aromatic amines is 1. The maximum atomic E-state index is 5.09. The van der Waals surface area contributed by atoms with Gasteiger partial charge in [0.05, 0.1) is 12.0 Å². The molecule has 5 heterocycles. The number of amidine groups is 3. The summed E-state index contributed by atoms with van der Waals surface area (Å²) in [5, 5.41) is 8.72. The number of nitrogens with zero attached hydrogens (tertiary/aromatic N) is 7. The Morgan fingerprint density at radius 2 is 1.10 bits per heavy atom. The molecule has 8 nitrogen and oxygen atoms in total. The van der Waals surface area contributed by atoms with E-state index in [4.69, 9.17) is 35.3 Å². The van der Waals surface area contributed by atoms with Gasteiger partial charge in [0.2, 0.25) is 0 Å². The van der Waals surface area contributed by atoms with Gasteiger partial charge in [-0.1, -0.05) is 103 Å². The van der Waals surface area contributed by atoms with Gasteiger partial charge in [-0.05, 0) is 27.7 Å². The molecule has 0 fully saturated rings. The van der Waals surface area contributed by atoms with Gasteiger partial charge in [0.1, 0.15) is 11.0 Å². The summed E-state index contributed by atoms with van der Waals surface area (Å²) in [5.74, 6) is 2.90. The average molecular weight is 578 g/mol. The van der Waals surface area contributed by atoms with Crippen molar-refractivity contribution in [2.75, 3.05) is 0 Å². The number of rotatable bonds is 0. The largest absolute Gasteiger partial charge is 2.00 e. The second kappa shape index (κ2) is 8.96. The normalized spacial score (nSPS) is 19.8. The summed E-state index contributed by atoms with van der Waals surface area (Å²) in [5.41, 5.74) is 5.18. The standard InChI is InChI=1S/C32H18N8.Cu/c1-2-10-18-17(9-1)25-33-26(18)38-28-21-13-5-6-14-22(21)30(35-28)40-32-24-16-8-7-15-23(24)31(36-32)39-29-20-12-4-3-11-19(20)27(34-29)37-25;/h1-16,25H,(H-,33,34,36,37,38,39,40);/q-2;+2. The van der Waals surface area contributed by atoms with Crippen LogP contribution in [0, 0.1) is 0 Å². The summed E-state index contributed by atoms with van der Waals surface area (Å²) >= 11 is 0. The smallest absolute Gasteiger partial charge is 0.438 e. The Morgan fingerprint density at radius 3 is 1.83 bits per heavy atom. The van der Waals surface area contributed by atoms with E-state index in [-0.39, 0.29) is 17.1 Å². The molecule has 6 aromatic rings. The molecule has 2 aromatic heterocycles. The second-order valence-electron chi connectivity index (χ2n) is 9.86. The number of hydrogen-bond acceptors (Lipinski definition) is 5. The van der Waals surface area contributed by atoms with Gasteiger partial charge in [-0.15, -0.1) is 0 Å². The zero-order chi connectivity index (χ0) is 26.2. The number of fused-ring (bicyclic) bond motifs is 19. The fourth-order valence-corrected chi connectivity index (χ4v) is 5.66. The van der Waals surface area contributed by atoms with Crippen molar-refractivity contribution in [1.29, 1.82) is 0 Å². The van der Waals surface area contributed by atoms with E-state index in [0.717, 1.165) is 43.8 Å². The first kappa shape index (κ1) is 23.7. The molecule has 9 rings (SSSR count). The van der Waals surface area contributed by atoms with E-state index in [2.05, 4.69) is 11.1 Å². The van der Waals surface area contributed by atoms with Crippen LogP contribution in [0.4, 0.5) is 11.6 Å². The Bertz CT molecular complexity index is 2260. The molecule has 1 N–H and O–H groups in total. The third kappa shape index (κ3) is 3.57. The minimum atomic E-state index is -0.451. The van der Waals surface area contributed by atoms with E-state index in [0.29, 0.717) is 40.1 Å². The van der Waals surface area contributed by atoms with E-state index >= 15 is 0 Å².